The molecule has 0 bridgehead atoms. The fraction of sp³-hybridized carbons (Fsp3) is 0.533. The summed E-state index contributed by atoms with van der Waals surface area (Å²) in [6.07, 6.45) is 1.59. The van der Waals surface area contributed by atoms with E-state index in [1.54, 1.807) is 0 Å². The second-order valence-corrected chi connectivity index (χ2v) is 7.96. The van der Waals surface area contributed by atoms with Crippen molar-refractivity contribution in [1.29, 1.82) is 0 Å². The van der Waals surface area contributed by atoms with Gasteiger partial charge in [0.05, 0.1) is 11.5 Å². The van der Waals surface area contributed by atoms with Gasteiger partial charge in [0.1, 0.15) is 0 Å². The minimum atomic E-state index is -2.94. The number of hydrogen-bond acceptors (Lipinski definition) is 4. The number of rotatable bonds is 5. The van der Waals surface area contributed by atoms with Crippen molar-refractivity contribution in [1.82, 2.24) is 5.32 Å². The molecule has 0 aromatic heterocycles. The van der Waals surface area contributed by atoms with Gasteiger partial charge >= 0.3 is 0 Å². The Bertz CT molecular complexity index is 594. The summed E-state index contributed by atoms with van der Waals surface area (Å²) in [5.41, 5.74) is 2.23. The number of aryl methyl sites for hydroxylation is 1. The second kappa shape index (κ2) is 6.47. The number of nitrogens with zero attached hydrogens (tertiary/aromatic N) is 1. The van der Waals surface area contributed by atoms with Crippen LogP contribution >= 0.6 is 0 Å². The molecule has 1 amide bonds. The van der Waals surface area contributed by atoms with Crippen molar-refractivity contribution < 1.29 is 13.2 Å². The number of benzene rings is 1. The normalized spacial score (nSPS) is 20.2. The lowest BCUT2D eigenvalue weighted by Crippen LogP contribution is -2.35. The van der Waals surface area contributed by atoms with Crippen LogP contribution in [-0.4, -0.2) is 46.0 Å². The molecule has 0 saturated carbocycles. The Morgan fingerprint density at radius 3 is 2.48 bits per heavy atom. The summed E-state index contributed by atoms with van der Waals surface area (Å²) >= 11 is 0. The van der Waals surface area contributed by atoms with E-state index in [9.17, 15) is 13.2 Å². The van der Waals surface area contributed by atoms with Gasteiger partial charge in [0.2, 0.25) is 5.91 Å². The van der Waals surface area contributed by atoms with Gasteiger partial charge < -0.3 is 10.2 Å². The molecule has 1 aromatic carbocycles. The predicted molar refractivity (Wildman–Crippen MR) is 84.3 cm³/mol. The quantitative estimate of drug-likeness (QED) is 0.881. The summed E-state index contributed by atoms with van der Waals surface area (Å²) in [6, 6.07) is 7.87. The molecule has 1 N–H and O–H groups in total. The first-order valence-corrected chi connectivity index (χ1v) is 8.94. The van der Waals surface area contributed by atoms with Crippen LogP contribution in [0.15, 0.2) is 24.3 Å². The highest BCUT2D eigenvalue weighted by atomic mass is 32.2. The Kier molecular flexibility index (Phi) is 4.88. The van der Waals surface area contributed by atoms with Crippen LogP contribution in [0.5, 0.6) is 0 Å². The summed E-state index contributed by atoms with van der Waals surface area (Å²) in [7, 11) is 1.03. The molecule has 1 aromatic rings. The Morgan fingerprint density at radius 2 is 1.95 bits per heavy atom. The number of nitrogens with one attached hydrogen (secondary N) is 1. The fourth-order valence-electron chi connectivity index (χ4n) is 2.43. The number of amides is 1. The van der Waals surface area contributed by atoms with Crippen LogP contribution < -0.4 is 10.2 Å². The van der Waals surface area contributed by atoms with E-state index in [1.807, 2.05) is 43.3 Å². The van der Waals surface area contributed by atoms with Crippen LogP contribution in [0.2, 0.25) is 0 Å². The van der Waals surface area contributed by atoms with E-state index in [0.29, 0.717) is 19.3 Å². The molecule has 116 valence electrons. The molecule has 1 fully saturated rings. The van der Waals surface area contributed by atoms with Crippen LogP contribution in [-0.2, 0) is 21.1 Å². The Balaban J connectivity index is 1.79. The van der Waals surface area contributed by atoms with Crippen LogP contribution in [0.1, 0.15) is 18.4 Å². The molecular weight excluding hydrogens is 288 g/mol. The summed E-state index contributed by atoms with van der Waals surface area (Å²) in [5.74, 6) is 0.189. The van der Waals surface area contributed by atoms with Crippen LogP contribution in [0.25, 0.3) is 0 Å². The van der Waals surface area contributed by atoms with Gasteiger partial charge in [-0.15, -0.1) is 0 Å². The molecule has 1 heterocycles. The highest BCUT2D eigenvalue weighted by Crippen LogP contribution is 2.14. The van der Waals surface area contributed by atoms with E-state index in [0.717, 1.165) is 11.3 Å². The van der Waals surface area contributed by atoms with E-state index < -0.39 is 9.84 Å². The molecule has 5 nitrogen and oxygen atoms in total. The minimum Gasteiger partial charge on any atom is -0.378 e. The molecule has 1 atom stereocenters. The van der Waals surface area contributed by atoms with Crippen molar-refractivity contribution >= 4 is 21.4 Å². The van der Waals surface area contributed by atoms with Crippen molar-refractivity contribution in [3.05, 3.63) is 29.8 Å². The fourth-order valence-corrected chi connectivity index (χ4v) is 4.10. The largest absolute Gasteiger partial charge is 0.378 e. The van der Waals surface area contributed by atoms with E-state index >= 15 is 0 Å². The molecule has 1 saturated heterocycles. The highest BCUT2D eigenvalue weighted by Gasteiger charge is 2.28. The SMILES string of the molecule is CN(C)c1ccc(CCC(=O)NC2CCS(=O)(=O)C2)cc1. The van der Waals surface area contributed by atoms with Gasteiger partial charge in [-0.3, -0.25) is 4.79 Å². The lowest BCUT2D eigenvalue weighted by atomic mass is 10.1. The zero-order valence-corrected chi connectivity index (χ0v) is 13.3. The average Bonchev–Trinajstić information content (AvgIpc) is 2.76. The van der Waals surface area contributed by atoms with Crippen LogP contribution in [0, 0.1) is 0 Å². The van der Waals surface area contributed by atoms with Gasteiger partial charge in [0, 0.05) is 32.2 Å². The molecule has 1 unspecified atom stereocenters. The monoisotopic (exact) mass is 310 g/mol. The molecule has 2 rings (SSSR count). The standard InChI is InChI=1S/C15H22N2O3S/c1-17(2)14-6-3-12(4-7-14)5-8-15(18)16-13-9-10-21(19,20)11-13/h3-4,6-7,13H,5,8-11H2,1-2H3,(H,16,18). The number of carbonyl (C=O) groups excluding carboxylic acids is 1. The van der Waals surface area contributed by atoms with Gasteiger partial charge in [-0.05, 0) is 30.5 Å². The smallest absolute Gasteiger partial charge is 0.220 e. The number of carbonyl (C=O) groups is 1. The molecule has 0 radical (unpaired) electrons. The summed E-state index contributed by atoms with van der Waals surface area (Å²) in [5, 5.41) is 2.81. The lowest BCUT2D eigenvalue weighted by molar-refractivity contribution is -0.121. The molecular formula is C15H22N2O3S. The van der Waals surface area contributed by atoms with E-state index in [2.05, 4.69) is 5.32 Å². The average molecular weight is 310 g/mol. The predicted octanol–water partition coefficient (Wildman–Crippen LogP) is 0.988. The molecule has 0 spiro atoms. The van der Waals surface area contributed by atoms with Crippen LogP contribution in [0.3, 0.4) is 0 Å². The van der Waals surface area contributed by atoms with Gasteiger partial charge in [-0.25, -0.2) is 8.42 Å². The second-order valence-electron chi connectivity index (χ2n) is 5.73. The first-order chi connectivity index (χ1) is 9.85. The number of hydrogen-bond donors (Lipinski definition) is 1. The van der Waals surface area contributed by atoms with Crippen molar-refractivity contribution in [3.8, 4) is 0 Å². The zero-order valence-electron chi connectivity index (χ0n) is 12.5. The maximum Gasteiger partial charge on any atom is 0.220 e. The molecule has 0 aliphatic carbocycles. The van der Waals surface area contributed by atoms with E-state index in [1.165, 1.54) is 0 Å². The number of anilines is 1. The third-order valence-electron chi connectivity index (χ3n) is 3.69. The highest BCUT2D eigenvalue weighted by molar-refractivity contribution is 7.91. The maximum absolute atomic E-state index is 11.8. The van der Waals surface area contributed by atoms with Gasteiger partial charge in [-0.2, -0.15) is 0 Å². The van der Waals surface area contributed by atoms with Crippen molar-refractivity contribution in [2.45, 2.75) is 25.3 Å². The maximum atomic E-state index is 11.8. The molecule has 1 aliphatic rings. The van der Waals surface area contributed by atoms with Gasteiger partial charge in [0.25, 0.3) is 0 Å². The molecule has 1 aliphatic heterocycles. The van der Waals surface area contributed by atoms with Crippen molar-refractivity contribution in [3.63, 3.8) is 0 Å². The molecule has 6 heteroatoms. The van der Waals surface area contributed by atoms with E-state index in [4.69, 9.17) is 0 Å². The lowest BCUT2D eigenvalue weighted by Gasteiger charge is -2.13. The summed E-state index contributed by atoms with van der Waals surface area (Å²) in [4.78, 5) is 13.9. The Morgan fingerprint density at radius 1 is 1.29 bits per heavy atom. The topological polar surface area (TPSA) is 66.5 Å². The summed E-state index contributed by atoms with van der Waals surface area (Å²) < 4.78 is 22.7. The Labute approximate surface area is 126 Å². The third-order valence-corrected chi connectivity index (χ3v) is 5.46. The third kappa shape index (κ3) is 4.74. The summed E-state index contributed by atoms with van der Waals surface area (Å²) in [6.45, 7) is 0. The van der Waals surface area contributed by atoms with Crippen LogP contribution in [0.4, 0.5) is 5.69 Å². The van der Waals surface area contributed by atoms with Crippen molar-refractivity contribution in [2.75, 3.05) is 30.5 Å². The van der Waals surface area contributed by atoms with Gasteiger partial charge in [-0.1, -0.05) is 12.1 Å². The first kappa shape index (κ1) is 15.8. The minimum absolute atomic E-state index is 0.0752. The van der Waals surface area contributed by atoms with E-state index in [-0.39, 0.29) is 23.5 Å². The Hall–Kier alpha value is -1.56. The zero-order chi connectivity index (χ0) is 15.5. The van der Waals surface area contributed by atoms with Crippen molar-refractivity contribution in [2.24, 2.45) is 0 Å². The van der Waals surface area contributed by atoms with Gasteiger partial charge in [0.15, 0.2) is 9.84 Å². The number of sulfone groups is 1. The first-order valence-electron chi connectivity index (χ1n) is 7.12. The molecule has 21 heavy (non-hydrogen) atoms.